The highest BCUT2D eigenvalue weighted by atomic mass is 79.9. The molecule has 2 rings (SSSR count). The van der Waals surface area contributed by atoms with Gasteiger partial charge >= 0.3 is 5.69 Å². The van der Waals surface area contributed by atoms with Crippen molar-refractivity contribution in [2.75, 3.05) is 11.9 Å². The molecule has 1 aliphatic heterocycles. The number of aliphatic hydroxyl groups is 2. The number of rotatable bonds is 3. The molecule has 4 atom stereocenters. The third-order valence-electron chi connectivity index (χ3n) is 2.47. The smallest absolute Gasteiger partial charge is 0.346 e. The number of alkyl halides is 1. The Bertz CT molecular complexity index is 440. The number of H-pyrrole nitrogens is 1. The molecule has 7 nitrogen and oxygen atoms in total. The fourth-order valence-corrected chi connectivity index (χ4v) is 2.17. The van der Waals surface area contributed by atoms with Crippen molar-refractivity contribution in [1.29, 1.82) is 0 Å². The zero-order valence-corrected chi connectivity index (χ0v) is 10.3. The van der Waals surface area contributed by atoms with Crippen LogP contribution in [0, 0.1) is 0 Å². The lowest BCUT2D eigenvalue weighted by atomic mass is 10.2. The summed E-state index contributed by atoms with van der Waals surface area (Å²) < 4.78 is 5.38. The Hall–Kier alpha value is -0.960. The number of ether oxygens (including phenoxy) is 1. The number of hydrogen-bond acceptors (Lipinski definition) is 6. The van der Waals surface area contributed by atoms with Crippen LogP contribution in [0.2, 0.25) is 0 Å². The molecule has 0 radical (unpaired) electrons. The molecule has 1 saturated heterocycles. The van der Waals surface area contributed by atoms with Crippen molar-refractivity contribution >= 4 is 21.7 Å². The summed E-state index contributed by atoms with van der Waals surface area (Å²) in [6.07, 6.45) is -0.674. The largest absolute Gasteiger partial charge is 0.394 e. The summed E-state index contributed by atoms with van der Waals surface area (Å²) in [6, 6.07) is 1.55. The van der Waals surface area contributed by atoms with Gasteiger partial charge in [0.15, 0.2) is 6.23 Å². The van der Waals surface area contributed by atoms with Gasteiger partial charge in [0.05, 0.1) is 17.5 Å². The first-order valence-corrected chi connectivity index (χ1v) is 5.93. The van der Waals surface area contributed by atoms with Crippen molar-refractivity contribution in [1.82, 2.24) is 9.97 Å². The molecule has 17 heavy (non-hydrogen) atoms. The number of halogens is 1. The Morgan fingerprint density at radius 1 is 1.65 bits per heavy atom. The zero-order valence-electron chi connectivity index (χ0n) is 8.71. The Balaban J connectivity index is 2.07. The second kappa shape index (κ2) is 5.13. The summed E-state index contributed by atoms with van der Waals surface area (Å²) in [4.78, 5) is 16.5. The lowest BCUT2D eigenvalue weighted by molar-refractivity contribution is 0.00546. The molecule has 94 valence electrons. The average Bonchev–Trinajstić information content (AvgIpc) is 2.57. The predicted octanol–water partition coefficient (Wildman–Crippen LogP) is -0.977. The Labute approximate surface area is 105 Å². The number of nitrogens with zero attached hydrogens (tertiary/aromatic N) is 1. The summed E-state index contributed by atoms with van der Waals surface area (Å²) in [5, 5.41) is 21.7. The van der Waals surface area contributed by atoms with Crippen molar-refractivity contribution in [3.05, 3.63) is 22.7 Å². The number of aromatic amines is 1. The van der Waals surface area contributed by atoms with Crippen molar-refractivity contribution in [3.8, 4) is 0 Å². The normalized spacial score (nSPS) is 32.6. The number of hydrogen-bond donors (Lipinski definition) is 4. The molecule has 0 aliphatic carbocycles. The summed E-state index contributed by atoms with van der Waals surface area (Å²) in [6.45, 7) is -0.196. The fraction of sp³-hybridized carbons (Fsp3) is 0.556. The highest BCUT2D eigenvalue weighted by Crippen LogP contribution is 2.27. The molecule has 0 saturated carbocycles. The summed E-state index contributed by atoms with van der Waals surface area (Å²) in [5.41, 5.74) is -0.489. The van der Waals surface area contributed by atoms with E-state index in [1.165, 1.54) is 6.20 Å². The van der Waals surface area contributed by atoms with E-state index in [0.717, 1.165) is 0 Å². The van der Waals surface area contributed by atoms with Crippen LogP contribution in [0.5, 0.6) is 0 Å². The minimum Gasteiger partial charge on any atom is -0.394 e. The number of aromatic nitrogens is 2. The monoisotopic (exact) mass is 305 g/mol. The van der Waals surface area contributed by atoms with E-state index in [-0.39, 0.29) is 11.4 Å². The van der Waals surface area contributed by atoms with Crippen LogP contribution in [-0.2, 0) is 4.74 Å². The molecule has 0 amide bonds. The Morgan fingerprint density at radius 2 is 2.41 bits per heavy atom. The van der Waals surface area contributed by atoms with Gasteiger partial charge in [-0.05, 0) is 6.07 Å². The number of aliphatic hydroxyl groups excluding tert-OH is 2. The molecular weight excluding hydrogens is 294 g/mol. The predicted molar refractivity (Wildman–Crippen MR) is 62.9 cm³/mol. The first-order chi connectivity index (χ1) is 8.11. The highest BCUT2D eigenvalue weighted by Gasteiger charge is 2.41. The second-order valence-corrected chi connectivity index (χ2v) is 4.70. The van der Waals surface area contributed by atoms with Crippen molar-refractivity contribution in [3.63, 3.8) is 0 Å². The van der Waals surface area contributed by atoms with Crippen LogP contribution in [0.1, 0.15) is 0 Å². The Morgan fingerprint density at radius 3 is 3.00 bits per heavy atom. The molecule has 1 aliphatic rings. The van der Waals surface area contributed by atoms with Gasteiger partial charge in [0.25, 0.3) is 0 Å². The SMILES string of the molecule is O=c1nccc(N[C@@H]2O[C@H](CO)[C@H](Br)[C@H]2O)[nH]1. The van der Waals surface area contributed by atoms with Crippen LogP contribution < -0.4 is 11.0 Å². The van der Waals surface area contributed by atoms with Crippen molar-refractivity contribution in [2.45, 2.75) is 23.3 Å². The third-order valence-corrected chi connectivity index (χ3v) is 3.60. The fourth-order valence-electron chi connectivity index (χ4n) is 1.60. The van der Waals surface area contributed by atoms with E-state index in [1.54, 1.807) is 6.07 Å². The van der Waals surface area contributed by atoms with Gasteiger partial charge in [-0.2, -0.15) is 0 Å². The van der Waals surface area contributed by atoms with Gasteiger partial charge in [0.1, 0.15) is 11.9 Å². The summed E-state index contributed by atoms with van der Waals surface area (Å²) >= 11 is 3.24. The molecule has 0 aromatic carbocycles. The second-order valence-electron chi connectivity index (χ2n) is 3.65. The first kappa shape index (κ1) is 12.5. The van der Waals surface area contributed by atoms with Crippen LogP contribution in [0.25, 0.3) is 0 Å². The molecule has 0 unspecified atom stereocenters. The lowest BCUT2D eigenvalue weighted by Gasteiger charge is -2.16. The van der Waals surface area contributed by atoms with E-state index in [9.17, 15) is 9.90 Å². The van der Waals surface area contributed by atoms with Gasteiger partial charge < -0.3 is 20.3 Å². The summed E-state index contributed by atoms with van der Waals surface area (Å²) in [7, 11) is 0. The van der Waals surface area contributed by atoms with Crippen LogP contribution in [0.4, 0.5) is 5.82 Å². The molecule has 4 N–H and O–H groups in total. The van der Waals surface area contributed by atoms with Gasteiger partial charge in [-0.15, -0.1) is 0 Å². The van der Waals surface area contributed by atoms with Crippen molar-refractivity contribution in [2.24, 2.45) is 0 Å². The van der Waals surface area contributed by atoms with E-state index in [4.69, 9.17) is 9.84 Å². The van der Waals surface area contributed by atoms with Gasteiger partial charge in [-0.3, -0.25) is 4.98 Å². The van der Waals surface area contributed by atoms with Crippen LogP contribution in [0.3, 0.4) is 0 Å². The molecule has 2 heterocycles. The maximum atomic E-state index is 11.0. The highest BCUT2D eigenvalue weighted by molar-refractivity contribution is 9.09. The van der Waals surface area contributed by atoms with E-state index in [1.807, 2.05) is 0 Å². The van der Waals surface area contributed by atoms with E-state index >= 15 is 0 Å². The minimum absolute atomic E-state index is 0.196. The van der Waals surface area contributed by atoms with E-state index in [2.05, 4.69) is 31.2 Å². The average molecular weight is 306 g/mol. The van der Waals surface area contributed by atoms with Crippen LogP contribution in [0.15, 0.2) is 17.1 Å². The van der Waals surface area contributed by atoms with Crippen LogP contribution in [-0.4, -0.2) is 50.1 Å². The zero-order chi connectivity index (χ0) is 12.4. The molecule has 1 fully saturated rings. The molecule has 8 heteroatoms. The third kappa shape index (κ3) is 2.65. The summed E-state index contributed by atoms with van der Waals surface area (Å²) in [5.74, 6) is 0.396. The topological polar surface area (TPSA) is 107 Å². The van der Waals surface area contributed by atoms with Gasteiger partial charge in [0, 0.05) is 6.20 Å². The molecule has 1 aromatic rings. The first-order valence-electron chi connectivity index (χ1n) is 5.02. The number of anilines is 1. The Kier molecular flexibility index (Phi) is 3.77. The van der Waals surface area contributed by atoms with E-state index < -0.39 is 24.1 Å². The maximum Gasteiger partial charge on any atom is 0.346 e. The number of nitrogens with one attached hydrogen (secondary N) is 2. The quantitative estimate of drug-likeness (QED) is 0.535. The van der Waals surface area contributed by atoms with E-state index in [0.29, 0.717) is 5.82 Å². The van der Waals surface area contributed by atoms with Gasteiger partial charge in [0.2, 0.25) is 0 Å². The molecule has 1 aromatic heterocycles. The molecular formula is C9H12BrN3O4. The minimum atomic E-state index is -0.830. The van der Waals surface area contributed by atoms with Crippen LogP contribution >= 0.6 is 15.9 Å². The lowest BCUT2D eigenvalue weighted by Crippen LogP contribution is -2.34. The van der Waals surface area contributed by atoms with Crippen molar-refractivity contribution < 1.29 is 14.9 Å². The molecule has 0 spiro atoms. The van der Waals surface area contributed by atoms with Gasteiger partial charge in [-0.1, -0.05) is 15.9 Å². The maximum absolute atomic E-state index is 11.0. The van der Waals surface area contributed by atoms with Gasteiger partial charge in [-0.25, -0.2) is 9.78 Å². The molecule has 0 bridgehead atoms. The standard InChI is InChI=1S/C9H12BrN3O4/c10-6-4(3-14)17-8(7(6)15)12-5-1-2-11-9(16)13-5/h1-2,4,6-8,14-15H,3H2,(H2,11,12,13,16)/t4-,6+,7-,8-/m1/s1.